The van der Waals surface area contributed by atoms with E-state index >= 15 is 0 Å². The summed E-state index contributed by atoms with van der Waals surface area (Å²) in [4.78, 5) is 0. The number of nitrogens with one attached hydrogen (secondary N) is 2. The number of benzene rings is 1. The lowest BCUT2D eigenvalue weighted by atomic mass is 9.96. The minimum atomic E-state index is -0.951. The van der Waals surface area contributed by atoms with Crippen molar-refractivity contribution in [3.05, 3.63) is 82.7 Å². The Bertz CT molecular complexity index is 976. The number of hydrogen-bond acceptors (Lipinski definition) is 5. The number of para-hydroxylation sites is 2. The van der Waals surface area contributed by atoms with Gasteiger partial charge in [0.15, 0.2) is 5.69 Å². The Morgan fingerprint density at radius 1 is 1.25 bits per heavy atom. The van der Waals surface area contributed by atoms with Crippen LogP contribution in [0.1, 0.15) is 35.1 Å². The fraction of sp³-hybridized carbons (Fsp3) is 0.286. The van der Waals surface area contributed by atoms with Gasteiger partial charge in [-0.1, -0.05) is 24.3 Å². The van der Waals surface area contributed by atoms with Crippen molar-refractivity contribution in [2.75, 3.05) is 0 Å². The Hall–Kier alpha value is -2.71. The molecular formula is C21H24N4O3. The number of hydrogen-bond donors (Lipinski definition) is 3. The zero-order chi connectivity index (χ0) is 19.7. The predicted molar refractivity (Wildman–Crippen MR) is 105 cm³/mol. The molecule has 3 aromatic rings. The van der Waals surface area contributed by atoms with Crippen LogP contribution in [0.25, 0.3) is 5.69 Å². The molecule has 7 nitrogen and oxygen atoms in total. The van der Waals surface area contributed by atoms with Crippen LogP contribution < -0.4 is 10.5 Å². The molecule has 0 bridgehead atoms. The Morgan fingerprint density at radius 3 is 2.82 bits per heavy atom. The summed E-state index contributed by atoms with van der Waals surface area (Å²) >= 11 is 0. The second kappa shape index (κ2) is 7.73. The van der Waals surface area contributed by atoms with Crippen LogP contribution in [-0.4, -0.2) is 21.0 Å². The molecule has 2 aromatic heterocycles. The van der Waals surface area contributed by atoms with Gasteiger partial charge in [0.2, 0.25) is 0 Å². The Kier molecular flexibility index (Phi) is 5.15. The van der Waals surface area contributed by atoms with E-state index < -0.39 is 5.23 Å². The minimum absolute atomic E-state index is 0.250. The minimum Gasteiger partial charge on any atom is -0.595 e. The fourth-order valence-corrected chi connectivity index (χ4v) is 3.97. The summed E-state index contributed by atoms with van der Waals surface area (Å²) in [5.41, 5.74) is 3.92. The third-order valence-corrected chi connectivity index (χ3v) is 5.28. The van der Waals surface area contributed by atoms with Crippen LogP contribution in [0.3, 0.4) is 0 Å². The molecule has 2 heterocycles. The summed E-state index contributed by atoms with van der Waals surface area (Å²) in [7, 11) is 0. The first kappa shape index (κ1) is 18.6. The standard InChI is InChI=1S/C21H24N4O3/c1-14-21(16-9-10-17(12-16)22-13-18-6-5-11-28-18)15(2)24(23-14)19-7-3-4-8-20(19)25(26)27/h3-11,16-17,22,25-26H,12-13H2,1-2H3. The lowest BCUT2D eigenvalue weighted by Crippen LogP contribution is -2.99. The van der Waals surface area contributed by atoms with Gasteiger partial charge in [-0.25, -0.2) is 9.89 Å². The molecule has 0 spiro atoms. The molecule has 1 aliphatic carbocycles. The molecule has 0 aliphatic heterocycles. The average molecular weight is 380 g/mol. The van der Waals surface area contributed by atoms with Crippen LogP contribution in [0, 0.1) is 19.1 Å². The van der Waals surface area contributed by atoms with E-state index in [1.54, 1.807) is 29.1 Å². The summed E-state index contributed by atoms with van der Waals surface area (Å²) in [6.45, 7) is 4.68. The van der Waals surface area contributed by atoms with Gasteiger partial charge in [0.25, 0.3) is 0 Å². The molecule has 0 radical (unpaired) electrons. The molecule has 0 saturated carbocycles. The number of rotatable bonds is 6. The maximum absolute atomic E-state index is 11.6. The van der Waals surface area contributed by atoms with Crippen molar-refractivity contribution in [3.8, 4) is 5.69 Å². The topological polar surface area (TPSA) is 90.7 Å². The average Bonchev–Trinajstić information content (AvgIpc) is 3.41. The van der Waals surface area contributed by atoms with E-state index in [2.05, 4.69) is 22.6 Å². The number of aromatic nitrogens is 2. The molecule has 1 aliphatic rings. The van der Waals surface area contributed by atoms with Gasteiger partial charge in [0.1, 0.15) is 11.4 Å². The second-order valence-electron chi connectivity index (χ2n) is 7.11. The first-order valence-electron chi connectivity index (χ1n) is 9.37. The number of quaternary nitrogens is 1. The van der Waals surface area contributed by atoms with E-state index in [0.29, 0.717) is 12.2 Å². The third-order valence-electron chi connectivity index (χ3n) is 5.28. The summed E-state index contributed by atoms with van der Waals surface area (Å²) < 4.78 is 7.13. The van der Waals surface area contributed by atoms with E-state index in [1.807, 2.05) is 32.0 Å². The lowest BCUT2D eigenvalue weighted by Gasteiger charge is -2.17. The van der Waals surface area contributed by atoms with Crippen LogP contribution in [0.15, 0.2) is 59.2 Å². The highest BCUT2D eigenvalue weighted by atomic mass is 16.8. The molecule has 0 saturated heterocycles. The van der Waals surface area contributed by atoms with E-state index in [9.17, 15) is 10.4 Å². The van der Waals surface area contributed by atoms with E-state index in [0.717, 1.165) is 23.6 Å². The molecule has 1 aromatic carbocycles. The Labute approximate surface area is 163 Å². The van der Waals surface area contributed by atoms with Crippen LogP contribution in [0.4, 0.5) is 5.69 Å². The molecule has 3 unspecified atom stereocenters. The van der Waals surface area contributed by atoms with Crippen molar-refractivity contribution in [2.24, 2.45) is 0 Å². The lowest BCUT2D eigenvalue weighted by molar-refractivity contribution is -0.991. The number of allylic oxidation sites excluding steroid dienone is 1. The molecule has 4 rings (SSSR count). The predicted octanol–water partition coefficient (Wildman–Crippen LogP) is 2.69. The van der Waals surface area contributed by atoms with Gasteiger partial charge in [-0.15, -0.1) is 0 Å². The van der Waals surface area contributed by atoms with Gasteiger partial charge in [-0.2, -0.15) is 10.3 Å². The summed E-state index contributed by atoms with van der Waals surface area (Å²) in [5.74, 6) is 1.17. The highest BCUT2D eigenvalue weighted by Gasteiger charge is 2.27. The SMILES string of the molecule is Cc1nn(-c2ccccc2[NH+]([O-])O)c(C)c1C1C=CC(NCc2ccco2)C1. The van der Waals surface area contributed by atoms with Crippen molar-refractivity contribution in [1.29, 1.82) is 0 Å². The maximum atomic E-state index is 11.6. The summed E-state index contributed by atoms with van der Waals surface area (Å²) in [6, 6.07) is 11.1. The van der Waals surface area contributed by atoms with Crippen LogP contribution in [0.2, 0.25) is 0 Å². The van der Waals surface area contributed by atoms with Gasteiger partial charge in [0.05, 0.1) is 18.5 Å². The van der Waals surface area contributed by atoms with Crippen molar-refractivity contribution in [3.63, 3.8) is 0 Å². The zero-order valence-corrected chi connectivity index (χ0v) is 15.9. The van der Waals surface area contributed by atoms with Crippen molar-refractivity contribution in [2.45, 2.75) is 38.8 Å². The first-order chi connectivity index (χ1) is 13.5. The molecule has 0 amide bonds. The van der Waals surface area contributed by atoms with Crippen molar-refractivity contribution >= 4 is 5.69 Å². The smallest absolute Gasteiger partial charge is 0.189 e. The fourth-order valence-electron chi connectivity index (χ4n) is 3.97. The van der Waals surface area contributed by atoms with Gasteiger partial charge >= 0.3 is 0 Å². The summed E-state index contributed by atoms with van der Waals surface area (Å²) in [5, 5.41) is 28.3. The molecule has 28 heavy (non-hydrogen) atoms. The number of nitrogens with zero attached hydrogens (tertiary/aromatic N) is 2. The van der Waals surface area contributed by atoms with Gasteiger partial charge in [-0.3, -0.25) is 0 Å². The van der Waals surface area contributed by atoms with Crippen LogP contribution in [-0.2, 0) is 6.54 Å². The molecular weight excluding hydrogens is 356 g/mol. The second-order valence-corrected chi connectivity index (χ2v) is 7.11. The number of aryl methyl sites for hydroxylation is 1. The van der Waals surface area contributed by atoms with Crippen molar-refractivity contribution < 1.29 is 14.9 Å². The number of furan rings is 1. The van der Waals surface area contributed by atoms with Gasteiger partial charge in [-0.05, 0) is 38.5 Å². The normalized spacial score (nSPS) is 20.0. The van der Waals surface area contributed by atoms with Gasteiger partial charge in [0, 0.05) is 29.3 Å². The van der Waals surface area contributed by atoms with Crippen LogP contribution >= 0.6 is 0 Å². The van der Waals surface area contributed by atoms with E-state index in [1.165, 1.54) is 5.56 Å². The highest BCUT2D eigenvalue weighted by Crippen LogP contribution is 2.34. The van der Waals surface area contributed by atoms with Gasteiger partial charge < -0.3 is 14.9 Å². The monoisotopic (exact) mass is 380 g/mol. The molecule has 3 atom stereocenters. The highest BCUT2D eigenvalue weighted by molar-refractivity contribution is 5.53. The maximum Gasteiger partial charge on any atom is 0.189 e. The molecule has 146 valence electrons. The zero-order valence-electron chi connectivity index (χ0n) is 15.9. The van der Waals surface area contributed by atoms with Crippen molar-refractivity contribution in [1.82, 2.24) is 15.1 Å². The van der Waals surface area contributed by atoms with Crippen LogP contribution in [0.5, 0.6) is 0 Å². The largest absolute Gasteiger partial charge is 0.595 e. The first-order valence-corrected chi connectivity index (χ1v) is 9.37. The van der Waals surface area contributed by atoms with E-state index in [4.69, 9.17) is 4.42 Å². The third kappa shape index (κ3) is 3.53. The summed E-state index contributed by atoms with van der Waals surface area (Å²) in [6.07, 6.45) is 7.02. The van der Waals surface area contributed by atoms with E-state index in [-0.39, 0.29) is 17.6 Å². The molecule has 3 N–H and O–H groups in total. The quantitative estimate of drug-likeness (QED) is 0.452. The Morgan fingerprint density at radius 2 is 2.07 bits per heavy atom. The molecule has 0 fully saturated rings. The Balaban J connectivity index is 1.55. The molecule has 7 heteroatoms.